The van der Waals surface area contributed by atoms with E-state index in [1.165, 1.54) is 7.11 Å². The number of aromatic nitrogens is 1. The number of hydrogen-bond donors (Lipinski definition) is 0. The highest BCUT2D eigenvalue weighted by Crippen LogP contribution is 2.32. The van der Waals surface area contributed by atoms with E-state index in [2.05, 4.69) is 4.98 Å². The van der Waals surface area contributed by atoms with Gasteiger partial charge in [0.15, 0.2) is 0 Å². The normalized spacial score (nSPS) is 9.76. The number of halogens is 2. The number of pyridine rings is 1. The Bertz CT molecular complexity index is 575. The van der Waals surface area contributed by atoms with Crippen LogP contribution in [0, 0.1) is 10.1 Å². The standard InChI is InChI=1S/C10H7ClN2O3.ClH/c1-16-6-2-3-7-8(4-6)12-5-9(10(7)11)13(14)15;/h2-5H,1H3;1H. The van der Waals surface area contributed by atoms with Crippen LogP contribution in [0.2, 0.25) is 5.02 Å². The summed E-state index contributed by atoms with van der Waals surface area (Å²) in [6.45, 7) is 0. The van der Waals surface area contributed by atoms with Crippen LogP contribution in [0.3, 0.4) is 0 Å². The van der Waals surface area contributed by atoms with Crippen molar-refractivity contribution in [2.45, 2.75) is 0 Å². The van der Waals surface area contributed by atoms with Gasteiger partial charge in [0.1, 0.15) is 17.0 Å². The third-order valence-corrected chi connectivity index (χ3v) is 2.59. The zero-order valence-corrected chi connectivity index (χ0v) is 10.3. The lowest BCUT2D eigenvalue weighted by Crippen LogP contribution is -1.92. The Hall–Kier alpha value is -1.59. The molecular formula is C10H8Cl2N2O3. The molecular weight excluding hydrogens is 267 g/mol. The molecule has 2 aromatic rings. The first kappa shape index (κ1) is 13.5. The molecule has 0 aliphatic carbocycles. The summed E-state index contributed by atoms with van der Waals surface area (Å²) in [5, 5.41) is 11.3. The molecule has 5 nitrogen and oxygen atoms in total. The van der Waals surface area contributed by atoms with Gasteiger partial charge in [0, 0.05) is 11.5 Å². The Morgan fingerprint density at radius 2 is 2.18 bits per heavy atom. The zero-order chi connectivity index (χ0) is 11.7. The van der Waals surface area contributed by atoms with Crippen molar-refractivity contribution in [1.29, 1.82) is 0 Å². The average Bonchev–Trinajstić information content (AvgIpc) is 2.28. The minimum Gasteiger partial charge on any atom is -0.497 e. The van der Waals surface area contributed by atoms with Gasteiger partial charge < -0.3 is 4.74 Å². The van der Waals surface area contributed by atoms with E-state index in [-0.39, 0.29) is 23.1 Å². The quantitative estimate of drug-likeness (QED) is 0.623. The lowest BCUT2D eigenvalue weighted by atomic mass is 10.2. The number of methoxy groups -OCH3 is 1. The van der Waals surface area contributed by atoms with Crippen LogP contribution in [0.25, 0.3) is 10.9 Å². The van der Waals surface area contributed by atoms with E-state index in [1.54, 1.807) is 18.2 Å². The molecule has 0 saturated heterocycles. The van der Waals surface area contributed by atoms with E-state index in [0.717, 1.165) is 6.20 Å². The molecule has 90 valence electrons. The maximum atomic E-state index is 10.6. The molecule has 0 atom stereocenters. The summed E-state index contributed by atoms with van der Waals surface area (Å²) < 4.78 is 5.02. The molecule has 2 rings (SSSR count). The molecule has 0 fully saturated rings. The molecule has 0 amide bonds. The Morgan fingerprint density at radius 3 is 2.76 bits per heavy atom. The summed E-state index contributed by atoms with van der Waals surface area (Å²) in [5.74, 6) is 0.630. The largest absolute Gasteiger partial charge is 0.497 e. The Morgan fingerprint density at radius 1 is 1.47 bits per heavy atom. The highest BCUT2D eigenvalue weighted by molar-refractivity contribution is 6.37. The van der Waals surface area contributed by atoms with Crippen molar-refractivity contribution >= 4 is 40.6 Å². The van der Waals surface area contributed by atoms with Crippen LogP contribution in [0.4, 0.5) is 5.69 Å². The monoisotopic (exact) mass is 274 g/mol. The van der Waals surface area contributed by atoms with E-state index < -0.39 is 4.92 Å². The minimum atomic E-state index is -0.557. The average molecular weight is 275 g/mol. The van der Waals surface area contributed by atoms with Gasteiger partial charge in [-0.3, -0.25) is 10.1 Å². The van der Waals surface area contributed by atoms with Crippen LogP contribution in [-0.2, 0) is 0 Å². The lowest BCUT2D eigenvalue weighted by Gasteiger charge is -2.03. The van der Waals surface area contributed by atoms with Crippen molar-refractivity contribution in [1.82, 2.24) is 4.98 Å². The van der Waals surface area contributed by atoms with Crippen LogP contribution in [0.1, 0.15) is 0 Å². The molecule has 1 aromatic heterocycles. The van der Waals surface area contributed by atoms with E-state index >= 15 is 0 Å². The van der Waals surface area contributed by atoms with Crippen LogP contribution in [0.5, 0.6) is 5.75 Å². The maximum absolute atomic E-state index is 10.6. The van der Waals surface area contributed by atoms with Crippen molar-refractivity contribution < 1.29 is 9.66 Å². The first-order chi connectivity index (χ1) is 7.63. The molecule has 0 radical (unpaired) electrons. The van der Waals surface area contributed by atoms with E-state index in [0.29, 0.717) is 16.7 Å². The molecule has 0 aliphatic heterocycles. The molecule has 17 heavy (non-hydrogen) atoms. The fourth-order valence-electron chi connectivity index (χ4n) is 1.38. The second-order valence-corrected chi connectivity index (χ2v) is 3.48. The number of nitro groups is 1. The fraction of sp³-hybridized carbons (Fsp3) is 0.100. The van der Waals surface area contributed by atoms with Gasteiger partial charge in [-0.2, -0.15) is 0 Å². The van der Waals surface area contributed by atoms with Crippen molar-refractivity contribution in [3.05, 3.63) is 39.5 Å². The summed E-state index contributed by atoms with van der Waals surface area (Å²) in [5.41, 5.74) is 0.370. The van der Waals surface area contributed by atoms with Crippen molar-refractivity contribution in [2.24, 2.45) is 0 Å². The first-order valence-corrected chi connectivity index (χ1v) is 4.78. The number of hydrogen-bond acceptors (Lipinski definition) is 4. The predicted molar refractivity (Wildman–Crippen MR) is 67.2 cm³/mol. The van der Waals surface area contributed by atoms with Crippen LogP contribution < -0.4 is 4.74 Å². The summed E-state index contributed by atoms with van der Waals surface area (Å²) in [6.07, 6.45) is 1.14. The topological polar surface area (TPSA) is 65.3 Å². The van der Waals surface area contributed by atoms with Crippen molar-refractivity contribution in [3.8, 4) is 5.75 Å². The Balaban J connectivity index is 0.00000144. The SMILES string of the molecule is COc1ccc2c(Cl)c([N+](=O)[O-])cnc2c1.Cl. The third-order valence-electron chi connectivity index (χ3n) is 2.19. The summed E-state index contributed by atoms with van der Waals surface area (Å²) in [7, 11) is 1.54. The van der Waals surface area contributed by atoms with E-state index in [1.807, 2.05) is 0 Å². The molecule has 0 N–H and O–H groups in total. The molecule has 0 spiro atoms. The second kappa shape index (κ2) is 5.16. The lowest BCUT2D eigenvalue weighted by molar-refractivity contribution is -0.384. The van der Waals surface area contributed by atoms with E-state index in [4.69, 9.17) is 16.3 Å². The highest BCUT2D eigenvalue weighted by atomic mass is 35.5. The predicted octanol–water partition coefficient (Wildman–Crippen LogP) is 3.23. The summed E-state index contributed by atoms with van der Waals surface area (Å²) >= 11 is 5.91. The van der Waals surface area contributed by atoms with Gasteiger partial charge in [-0.05, 0) is 12.1 Å². The Kier molecular flexibility index (Phi) is 4.09. The van der Waals surface area contributed by atoms with Crippen molar-refractivity contribution in [3.63, 3.8) is 0 Å². The molecule has 0 saturated carbocycles. The van der Waals surface area contributed by atoms with Gasteiger partial charge in [0.05, 0.1) is 17.5 Å². The Labute approximate surface area is 108 Å². The molecule has 0 aliphatic rings. The summed E-state index contributed by atoms with van der Waals surface area (Å²) in [4.78, 5) is 14.1. The van der Waals surface area contributed by atoms with E-state index in [9.17, 15) is 10.1 Å². The van der Waals surface area contributed by atoms with Gasteiger partial charge >= 0.3 is 5.69 Å². The zero-order valence-electron chi connectivity index (χ0n) is 8.71. The highest BCUT2D eigenvalue weighted by Gasteiger charge is 2.16. The third kappa shape index (κ3) is 2.40. The first-order valence-electron chi connectivity index (χ1n) is 4.40. The number of benzene rings is 1. The molecule has 1 aromatic carbocycles. The van der Waals surface area contributed by atoms with Gasteiger partial charge in [0.25, 0.3) is 0 Å². The molecule has 0 unspecified atom stereocenters. The maximum Gasteiger partial charge on any atom is 0.306 e. The molecule has 7 heteroatoms. The number of nitrogens with zero attached hydrogens (tertiary/aromatic N) is 2. The van der Waals surface area contributed by atoms with Gasteiger partial charge in [-0.25, -0.2) is 4.98 Å². The number of fused-ring (bicyclic) bond motifs is 1. The molecule has 1 heterocycles. The fourth-order valence-corrected chi connectivity index (χ4v) is 1.66. The van der Waals surface area contributed by atoms with Crippen LogP contribution in [0.15, 0.2) is 24.4 Å². The van der Waals surface area contributed by atoms with Crippen molar-refractivity contribution in [2.75, 3.05) is 7.11 Å². The summed E-state index contributed by atoms with van der Waals surface area (Å²) in [6, 6.07) is 5.00. The van der Waals surface area contributed by atoms with Gasteiger partial charge in [-0.15, -0.1) is 12.4 Å². The van der Waals surface area contributed by atoms with Gasteiger partial charge in [0.2, 0.25) is 0 Å². The van der Waals surface area contributed by atoms with Crippen LogP contribution in [-0.4, -0.2) is 17.0 Å². The minimum absolute atomic E-state index is 0. The smallest absolute Gasteiger partial charge is 0.306 e. The van der Waals surface area contributed by atoms with Gasteiger partial charge in [-0.1, -0.05) is 11.6 Å². The number of ether oxygens (including phenoxy) is 1. The number of rotatable bonds is 2. The second-order valence-electron chi connectivity index (χ2n) is 3.10. The van der Waals surface area contributed by atoms with Crippen LogP contribution >= 0.6 is 24.0 Å². The molecule has 0 bridgehead atoms.